The normalized spacial score (nSPS) is 17.8. The third-order valence-corrected chi connectivity index (χ3v) is 8.14. The molecular weight excluding hydrogens is 592 g/mol. The Bertz CT molecular complexity index is 1510. The number of aliphatic imine (C=N–C) groups is 1. The molecule has 2 N–H and O–H groups in total. The number of aliphatic hydroxyl groups is 1. The molecule has 0 saturated carbocycles. The van der Waals surface area contributed by atoms with Gasteiger partial charge in [-0.25, -0.2) is 4.99 Å². The molecule has 0 bridgehead atoms. The van der Waals surface area contributed by atoms with Gasteiger partial charge in [0, 0.05) is 36.0 Å². The number of rotatable bonds is 12. The number of aryl methyl sites for hydroxylation is 1. The molecule has 0 radical (unpaired) electrons. The standard InChI is InChI=1S/C35H35BrN2O4/c1-25-12-14-26(15-13-25)20-21-37-34(40)35(24-29-10-5-6-11-31(29)36)32(27-8-3-2-4-9-27)42-33(38-35)28-16-18-30(19-17-28)41-23-7-22-39/h2-6,8-19,32,39H,7,20-24H2,1H3,(H,37,40)/t32-,35-/m1/s1. The number of carbonyl (C=O) groups excluding carboxylic acids is 1. The summed E-state index contributed by atoms with van der Waals surface area (Å²) in [5, 5.41) is 12.2. The van der Waals surface area contributed by atoms with Crippen molar-refractivity contribution in [2.24, 2.45) is 4.99 Å². The van der Waals surface area contributed by atoms with Gasteiger partial charge < -0.3 is 19.9 Å². The summed E-state index contributed by atoms with van der Waals surface area (Å²) in [6.45, 7) is 3.05. The maximum atomic E-state index is 14.3. The van der Waals surface area contributed by atoms with E-state index >= 15 is 0 Å². The van der Waals surface area contributed by atoms with Crippen molar-refractivity contribution in [2.75, 3.05) is 19.8 Å². The number of carbonyl (C=O) groups is 1. The maximum absolute atomic E-state index is 14.3. The summed E-state index contributed by atoms with van der Waals surface area (Å²) in [5.41, 5.74) is 3.72. The Morgan fingerprint density at radius 3 is 2.40 bits per heavy atom. The molecule has 6 nitrogen and oxygen atoms in total. The maximum Gasteiger partial charge on any atom is 0.252 e. The summed E-state index contributed by atoms with van der Waals surface area (Å²) in [5.74, 6) is 0.920. The highest BCUT2D eigenvalue weighted by atomic mass is 79.9. The van der Waals surface area contributed by atoms with Crippen molar-refractivity contribution in [3.05, 3.63) is 135 Å². The van der Waals surface area contributed by atoms with Crippen LogP contribution in [0.25, 0.3) is 0 Å². The molecule has 0 aromatic heterocycles. The van der Waals surface area contributed by atoms with Gasteiger partial charge in [0.25, 0.3) is 5.91 Å². The topological polar surface area (TPSA) is 80.2 Å². The molecule has 0 spiro atoms. The lowest BCUT2D eigenvalue weighted by atomic mass is 9.82. The van der Waals surface area contributed by atoms with Gasteiger partial charge >= 0.3 is 0 Å². The third kappa shape index (κ3) is 6.92. The second-order valence-corrected chi connectivity index (χ2v) is 11.3. The van der Waals surface area contributed by atoms with E-state index in [1.165, 1.54) is 5.56 Å². The van der Waals surface area contributed by atoms with E-state index in [0.29, 0.717) is 44.1 Å². The predicted molar refractivity (Wildman–Crippen MR) is 169 cm³/mol. The first-order chi connectivity index (χ1) is 20.5. The van der Waals surface area contributed by atoms with Crippen LogP contribution in [0.2, 0.25) is 0 Å². The number of halogens is 1. The van der Waals surface area contributed by atoms with Crippen LogP contribution >= 0.6 is 15.9 Å². The molecule has 5 rings (SSSR count). The molecule has 42 heavy (non-hydrogen) atoms. The average molecular weight is 628 g/mol. The fraction of sp³-hybridized carbons (Fsp3) is 0.257. The quantitative estimate of drug-likeness (QED) is 0.179. The minimum Gasteiger partial charge on any atom is -0.494 e. The molecule has 0 aliphatic carbocycles. The molecule has 1 heterocycles. The minimum absolute atomic E-state index is 0.0797. The van der Waals surface area contributed by atoms with Crippen molar-refractivity contribution < 1.29 is 19.4 Å². The summed E-state index contributed by atoms with van der Waals surface area (Å²) in [7, 11) is 0. The number of nitrogens with one attached hydrogen (secondary N) is 1. The van der Waals surface area contributed by atoms with Crippen LogP contribution in [0.3, 0.4) is 0 Å². The number of hydrogen-bond donors (Lipinski definition) is 2. The molecule has 1 aliphatic heterocycles. The Morgan fingerprint density at radius 1 is 0.976 bits per heavy atom. The summed E-state index contributed by atoms with van der Waals surface area (Å²) in [4.78, 5) is 19.4. The first-order valence-corrected chi connectivity index (χ1v) is 15.0. The summed E-state index contributed by atoms with van der Waals surface area (Å²) >= 11 is 3.69. The molecule has 0 fully saturated rings. The van der Waals surface area contributed by atoms with Crippen LogP contribution in [0.4, 0.5) is 0 Å². The van der Waals surface area contributed by atoms with E-state index in [0.717, 1.165) is 26.7 Å². The van der Waals surface area contributed by atoms with Crippen molar-refractivity contribution in [2.45, 2.75) is 37.8 Å². The molecule has 4 aromatic carbocycles. The molecule has 216 valence electrons. The van der Waals surface area contributed by atoms with Crippen molar-refractivity contribution in [3.63, 3.8) is 0 Å². The zero-order valence-corrected chi connectivity index (χ0v) is 25.2. The van der Waals surface area contributed by atoms with Crippen molar-refractivity contribution in [1.29, 1.82) is 0 Å². The van der Waals surface area contributed by atoms with Crippen LogP contribution < -0.4 is 10.1 Å². The summed E-state index contributed by atoms with van der Waals surface area (Å²) < 4.78 is 13.2. The van der Waals surface area contributed by atoms with Crippen molar-refractivity contribution in [3.8, 4) is 5.75 Å². The van der Waals surface area contributed by atoms with E-state index in [4.69, 9.17) is 19.6 Å². The van der Waals surface area contributed by atoms with E-state index in [9.17, 15) is 4.79 Å². The van der Waals surface area contributed by atoms with Gasteiger partial charge in [-0.2, -0.15) is 0 Å². The molecule has 1 aliphatic rings. The van der Waals surface area contributed by atoms with E-state index in [1.54, 1.807) is 0 Å². The van der Waals surface area contributed by atoms with Crippen LogP contribution in [0.15, 0.2) is 113 Å². The zero-order valence-electron chi connectivity index (χ0n) is 23.6. The zero-order chi connectivity index (χ0) is 29.4. The van der Waals surface area contributed by atoms with E-state index in [1.807, 2.05) is 78.9 Å². The molecule has 4 aromatic rings. The number of ether oxygens (including phenoxy) is 2. The Labute approximate surface area is 255 Å². The minimum atomic E-state index is -1.25. The number of hydrogen-bond acceptors (Lipinski definition) is 5. The van der Waals surface area contributed by atoms with Gasteiger partial charge in [-0.3, -0.25) is 4.79 Å². The second-order valence-electron chi connectivity index (χ2n) is 10.5. The van der Waals surface area contributed by atoms with Crippen LogP contribution in [0, 0.1) is 6.92 Å². The second kappa shape index (κ2) is 13.8. The highest BCUT2D eigenvalue weighted by Gasteiger charge is 2.53. The smallest absolute Gasteiger partial charge is 0.252 e. The van der Waals surface area contributed by atoms with E-state index in [2.05, 4.69) is 52.4 Å². The first kappa shape index (κ1) is 29.5. The largest absolute Gasteiger partial charge is 0.494 e. The van der Waals surface area contributed by atoms with Gasteiger partial charge in [-0.05, 0) is 60.4 Å². The van der Waals surface area contributed by atoms with Gasteiger partial charge in [-0.1, -0.05) is 94.3 Å². The van der Waals surface area contributed by atoms with Gasteiger partial charge in [0.15, 0.2) is 11.6 Å². The number of nitrogens with zero attached hydrogens (tertiary/aromatic N) is 1. The van der Waals surface area contributed by atoms with Gasteiger partial charge in [0.2, 0.25) is 5.90 Å². The van der Waals surface area contributed by atoms with Gasteiger partial charge in [0.1, 0.15) is 5.75 Å². The Balaban J connectivity index is 1.50. The first-order valence-electron chi connectivity index (χ1n) is 14.2. The highest BCUT2D eigenvalue weighted by Crippen LogP contribution is 2.43. The predicted octanol–water partition coefficient (Wildman–Crippen LogP) is 6.38. The fourth-order valence-corrected chi connectivity index (χ4v) is 5.50. The third-order valence-electron chi connectivity index (χ3n) is 7.37. The van der Waals surface area contributed by atoms with Gasteiger partial charge in [-0.15, -0.1) is 0 Å². The van der Waals surface area contributed by atoms with Crippen LogP contribution in [0.5, 0.6) is 5.75 Å². The molecule has 0 saturated heterocycles. The lowest BCUT2D eigenvalue weighted by Gasteiger charge is -2.31. The Morgan fingerprint density at radius 2 is 1.69 bits per heavy atom. The number of benzene rings is 4. The summed E-state index contributed by atoms with van der Waals surface area (Å²) in [6, 6.07) is 33.6. The lowest BCUT2D eigenvalue weighted by molar-refractivity contribution is -0.128. The molecule has 7 heteroatoms. The number of amides is 1. The molecule has 1 amide bonds. The van der Waals surface area contributed by atoms with Crippen molar-refractivity contribution >= 4 is 27.7 Å². The van der Waals surface area contributed by atoms with Crippen LogP contribution in [-0.2, 0) is 22.4 Å². The lowest BCUT2D eigenvalue weighted by Crippen LogP contribution is -2.50. The highest BCUT2D eigenvalue weighted by molar-refractivity contribution is 9.10. The Kier molecular flexibility index (Phi) is 9.72. The molecule has 2 atom stereocenters. The van der Waals surface area contributed by atoms with E-state index in [-0.39, 0.29) is 12.5 Å². The average Bonchev–Trinajstić information content (AvgIpc) is 3.41. The van der Waals surface area contributed by atoms with Gasteiger partial charge in [0.05, 0.1) is 6.61 Å². The molecule has 0 unspecified atom stereocenters. The Hall–Kier alpha value is -3.94. The van der Waals surface area contributed by atoms with Crippen LogP contribution in [0.1, 0.15) is 40.3 Å². The SMILES string of the molecule is Cc1ccc(CCNC(=O)[C@]2(Cc3ccccc3Br)N=C(c3ccc(OCCCO)cc3)O[C@@H]2c2ccccc2)cc1. The fourth-order valence-electron chi connectivity index (χ4n) is 5.07. The molecular formula is C35H35BrN2O4. The van der Waals surface area contributed by atoms with E-state index < -0.39 is 11.6 Å². The van der Waals surface area contributed by atoms with Crippen LogP contribution in [-0.4, -0.2) is 42.2 Å². The van der Waals surface area contributed by atoms with Crippen molar-refractivity contribution in [1.82, 2.24) is 5.32 Å². The number of aliphatic hydroxyl groups excluding tert-OH is 1. The summed E-state index contributed by atoms with van der Waals surface area (Å²) in [6.07, 6.45) is 0.978. The monoisotopic (exact) mass is 626 g/mol.